The molecule has 0 atom stereocenters. The van der Waals surface area contributed by atoms with E-state index < -0.39 is 11.7 Å². The maximum absolute atomic E-state index is 12.6. The first-order chi connectivity index (χ1) is 10.4. The molecule has 0 unspecified atom stereocenters. The molecule has 1 nitrogen and oxygen atoms in total. The minimum Gasteiger partial charge on any atom is -0.236 e. The van der Waals surface area contributed by atoms with E-state index in [0.29, 0.717) is 10.6 Å². The largest absolute Gasteiger partial charge is 0.416 e. The van der Waals surface area contributed by atoms with E-state index in [1.807, 2.05) is 30.3 Å². The van der Waals surface area contributed by atoms with E-state index in [9.17, 15) is 13.2 Å². The van der Waals surface area contributed by atoms with E-state index in [1.54, 1.807) is 0 Å². The molecule has 3 rings (SSSR count). The molecule has 0 saturated heterocycles. The number of hydrogen-bond donors (Lipinski definition) is 0. The van der Waals surface area contributed by atoms with Crippen molar-refractivity contribution >= 4 is 11.3 Å². The summed E-state index contributed by atoms with van der Waals surface area (Å²) in [6.45, 7) is 3.98. The number of rotatable bonds is 2. The summed E-state index contributed by atoms with van der Waals surface area (Å²) in [6.07, 6.45) is -4.33. The molecule has 0 spiro atoms. The third-order valence-corrected chi connectivity index (χ3v) is 4.16. The van der Waals surface area contributed by atoms with Gasteiger partial charge in [0.1, 0.15) is 5.01 Å². The van der Waals surface area contributed by atoms with Gasteiger partial charge in [0.15, 0.2) is 0 Å². The molecule has 111 valence electrons. The van der Waals surface area contributed by atoms with Crippen LogP contribution in [0.5, 0.6) is 0 Å². The maximum atomic E-state index is 12.6. The number of alkyl halides is 3. The van der Waals surface area contributed by atoms with Crippen molar-refractivity contribution in [3.05, 3.63) is 72.0 Å². The zero-order chi connectivity index (χ0) is 15.7. The summed E-state index contributed by atoms with van der Waals surface area (Å²) < 4.78 is 37.8. The number of halogens is 3. The Kier molecular flexibility index (Phi) is 3.74. The number of hydrogen-bond acceptors (Lipinski definition) is 2. The molecule has 0 saturated carbocycles. The first-order valence-corrected chi connectivity index (χ1v) is 7.32. The summed E-state index contributed by atoms with van der Waals surface area (Å²) in [5, 5.41) is 0.664. The molecule has 1 heterocycles. The molecule has 0 aliphatic carbocycles. The minimum absolute atomic E-state index is 0.657. The number of nitrogens with zero attached hydrogens (tertiary/aromatic N) is 1. The summed E-state index contributed by atoms with van der Waals surface area (Å²) in [7, 11) is 0. The third kappa shape index (κ3) is 2.90. The van der Waals surface area contributed by atoms with Crippen molar-refractivity contribution in [2.24, 2.45) is 0 Å². The van der Waals surface area contributed by atoms with Gasteiger partial charge in [0, 0.05) is 16.0 Å². The normalized spacial score (nSPS) is 11.6. The predicted octanol–water partition coefficient (Wildman–Crippen LogP) is 5.68. The standard InChI is InChI=1S/C17H11F3NS/c1-11-15(12-5-3-2-4-6-12)21-16(22-11)13-7-9-14(10-8-13)17(18,19)20/h2-10H,1H2. The molecule has 0 aliphatic heterocycles. The molecule has 0 N–H and O–H groups in total. The fraction of sp³-hybridized carbons (Fsp3) is 0.0588. The highest BCUT2D eigenvalue weighted by molar-refractivity contribution is 7.15. The topological polar surface area (TPSA) is 12.9 Å². The van der Waals surface area contributed by atoms with E-state index in [0.717, 1.165) is 28.3 Å². The molecule has 0 bridgehead atoms. The van der Waals surface area contributed by atoms with Crippen LogP contribution >= 0.6 is 11.3 Å². The quantitative estimate of drug-likeness (QED) is 0.592. The minimum atomic E-state index is -4.33. The van der Waals surface area contributed by atoms with E-state index in [-0.39, 0.29) is 0 Å². The van der Waals surface area contributed by atoms with E-state index in [4.69, 9.17) is 0 Å². The summed E-state index contributed by atoms with van der Waals surface area (Å²) in [5.41, 5.74) is 1.71. The Morgan fingerprint density at radius 2 is 1.50 bits per heavy atom. The summed E-state index contributed by atoms with van der Waals surface area (Å²) in [6, 6.07) is 14.6. The van der Waals surface area contributed by atoms with Gasteiger partial charge in [-0.25, -0.2) is 4.98 Å². The van der Waals surface area contributed by atoms with Crippen molar-refractivity contribution in [1.29, 1.82) is 0 Å². The Hall–Kier alpha value is -2.14. The molecular formula is C17H11F3NS. The van der Waals surface area contributed by atoms with E-state index in [2.05, 4.69) is 11.9 Å². The Bertz CT molecular complexity index is 774. The molecule has 2 aromatic carbocycles. The lowest BCUT2D eigenvalue weighted by atomic mass is 10.1. The lowest BCUT2D eigenvalue weighted by molar-refractivity contribution is -0.137. The highest BCUT2D eigenvalue weighted by Crippen LogP contribution is 2.35. The van der Waals surface area contributed by atoms with Gasteiger partial charge >= 0.3 is 6.18 Å². The molecular weight excluding hydrogens is 307 g/mol. The van der Waals surface area contributed by atoms with Crippen LogP contribution in [0.4, 0.5) is 13.2 Å². The van der Waals surface area contributed by atoms with Crippen LogP contribution in [0.1, 0.15) is 10.4 Å². The van der Waals surface area contributed by atoms with Crippen LogP contribution in [0, 0.1) is 6.92 Å². The van der Waals surface area contributed by atoms with Crippen molar-refractivity contribution in [2.45, 2.75) is 6.18 Å². The molecule has 0 fully saturated rings. The number of benzene rings is 2. The molecule has 22 heavy (non-hydrogen) atoms. The highest BCUT2D eigenvalue weighted by Gasteiger charge is 2.30. The third-order valence-electron chi connectivity index (χ3n) is 3.20. The monoisotopic (exact) mass is 318 g/mol. The second-order valence-electron chi connectivity index (χ2n) is 4.73. The Morgan fingerprint density at radius 3 is 2.09 bits per heavy atom. The van der Waals surface area contributed by atoms with Crippen molar-refractivity contribution in [1.82, 2.24) is 4.98 Å². The molecule has 0 amide bonds. The molecule has 3 aromatic rings. The van der Waals surface area contributed by atoms with Crippen LogP contribution in [0.15, 0.2) is 54.6 Å². The van der Waals surface area contributed by atoms with Crippen molar-refractivity contribution < 1.29 is 13.2 Å². The fourth-order valence-electron chi connectivity index (χ4n) is 2.10. The first kappa shape index (κ1) is 14.8. The second kappa shape index (κ2) is 5.57. The fourth-order valence-corrected chi connectivity index (χ4v) is 2.98. The van der Waals surface area contributed by atoms with Gasteiger partial charge in [-0.1, -0.05) is 42.5 Å². The van der Waals surface area contributed by atoms with E-state index in [1.165, 1.54) is 23.5 Å². The van der Waals surface area contributed by atoms with Gasteiger partial charge in [0.2, 0.25) is 0 Å². The van der Waals surface area contributed by atoms with Crippen LogP contribution in [0.3, 0.4) is 0 Å². The van der Waals surface area contributed by atoms with Gasteiger partial charge in [-0.05, 0) is 19.1 Å². The van der Waals surface area contributed by atoms with Gasteiger partial charge in [-0.15, -0.1) is 11.3 Å². The van der Waals surface area contributed by atoms with Crippen LogP contribution in [0.25, 0.3) is 21.8 Å². The Balaban J connectivity index is 1.97. The zero-order valence-corrected chi connectivity index (χ0v) is 12.2. The van der Waals surface area contributed by atoms with E-state index >= 15 is 0 Å². The summed E-state index contributed by atoms with van der Waals surface area (Å²) >= 11 is 1.37. The molecule has 1 aromatic heterocycles. The Morgan fingerprint density at radius 1 is 0.864 bits per heavy atom. The lowest BCUT2D eigenvalue weighted by Gasteiger charge is -2.06. The molecule has 0 aliphatic rings. The average Bonchev–Trinajstić information content (AvgIpc) is 2.89. The van der Waals surface area contributed by atoms with Gasteiger partial charge in [0.25, 0.3) is 0 Å². The predicted molar refractivity (Wildman–Crippen MR) is 82.4 cm³/mol. The Labute approximate surface area is 130 Å². The smallest absolute Gasteiger partial charge is 0.236 e. The van der Waals surface area contributed by atoms with Crippen LogP contribution in [-0.2, 0) is 6.18 Å². The second-order valence-corrected chi connectivity index (χ2v) is 5.82. The van der Waals surface area contributed by atoms with Gasteiger partial charge in [0.05, 0.1) is 11.3 Å². The van der Waals surface area contributed by atoms with Crippen molar-refractivity contribution in [2.75, 3.05) is 0 Å². The van der Waals surface area contributed by atoms with Crippen LogP contribution in [-0.4, -0.2) is 4.98 Å². The average molecular weight is 318 g/mol. The van der Waals surface area contributed by atoms with Gasteiger partial charge < -0.3 is 0 Å². The lowest BCUT2D eigenvalue weighted by Crippen LogP contribution is -2.03. The SMILES string of the molecule is [CH2]c1sc(-c2ccc(C(F)(F)F)cc2)nc1-c1ccccc1. The molecule has 5 heteroatoms. The van der Waals surface area contributed by atoms with Crippen molar-refractivity contribution in [3.63, 3.8) is 0 Å². The van der Waals surface area contributed by atoms with Crippen LogP contribution < -0.4 is 0 Å². The maximum Gasteiger partial charge on any atom is 0.416 e. The van der Waals surface area contributed by atoms with Gasteiger partial charge in [-0.2, -0.15) is 13.2 Å². The summed E-state index contributed by atoms with van der Waals surface area (Å²) in [4.78, 5) is 5.31. The zero-order valence-electron chi connectivity index (χ0n) is 11.4. The summed E-state index contributed by atoms with van der Waals surface area (Å²) in [5.74, 6) is 0. The van der Waals surface area contributed by atoms with Crippen molar-refractivity contribution in [3.8, 4) is 21.8 Å². The number of thiazole rings is 1. The highest BCUT2D eigenvalue weighted by atomic mass is 32.1. The first-order valence-electron chi connectivity index (χ1n) is 6.51. The number of aromatic nitrogens is 1. The molecule has 1 radical (unpaired) electrons. The van der Waals surface area contributed by atoms with Crippen LogP contribution in [0.2, 0.25) is 0 Å². The van der Waals surface area contributed by atoms with Gasteiger partial charge in [-0.3, -0.25) is 0 Å².